The third kappa shape index (κ3) is 1.21. The molecule has 0 fully saturated rings. The topological polar surface area (TPSA) is 24.7 Å². The lowest BCUT2D eigenvalue weighted by Gasteiger charge is -2.02. The average Bonchev–Trinajstić information content (AvgIpc) is 2.04. The summed E-state index contributed by atoms with van der Waals surface area (Å²) in [5.74, 6) is 0. The number of allylic oxidation sites excluding steroid dienone is 3. The van der Waals surface area contributed by atoms with Crippen molar-refractivity contribution in [2.45, 2.75) is 6.92 Å². The van der Waals surface area contributed by atoms with Gasteiger partial charge in [-0.25, -0.2) is 0 Å². The summed E-state index contributed by atoms with van der Waals surface area (Å²) < 4.78 is 0. The van der Waals surface area contributed by atoms with Gasteiger partial charge in [0.2, 0.25) is 0 Å². The minimum absolute atomic E-state index is 0.949. The van der Waals surface area contributed by atoms with Crippen LogP contribution in [0, 0.1) is 0 Å². The highest BCUT2D eigenvalue weighted by Gasteiger charge is 2.00. The SMILES string of the molecule is C/C=C1/C=CN=C/C1=N/C. The van der Waals surface area contributed by atoms with Crippen LogP contribution in [-0.4, -0.2) is 19.0 Å². The number of hydrogen-bond acceptors (Lipinski definition) is 2. The van der Waals surface area contributed by atoms with Crippen LogP contribution in [0.3, 0.4) is 0 Å². The smallest absolute Gasteiger partial charge is 0.0823 e. The first-order chi connectivity index (χ1) is 4.88. The first-order valence-electron chi connectivity index (χ1n) is 3.21. The molecule has 0 atom stereocenters. The summed E-state index contributed by atoms with van der Waals surface area (Å²) in [4.78, 5) is 8.00. The van der Waals surface area contributed by atoms with E-state index in [1.807, 2.05) is 19.1 Å². The van der Waals surface area contributed by atoms with Crippen LogP contribution in [0.25, 0.3) is 0 Å². The number of nitrogens with zero attached hydrogens (tertiary/aromatic N) is 2. The Labute approximate surface area is 60.7 Å². The minimum atomic E-state index is 0.949. The second-order valence-corrected chi connectivity index (χ2v) is 1.95. The van der Waals surface area contributed by atoms with E-state index in [-0.39, 0.29) is 0 Å². The molecule has 0 radical (unpaired) electrons. The van der Waals surface area contributed by atoms with E-state index in [4.69, 9.17) is 0 Å². The van der Waals surface area contributed by atoms with Gasteiger partial charge in [0.1, 0.15) is 0 Å². The minimum Gasteiger partial charge on any atom is -0.286 e. The van der Waals surface area contributed by atoms with Gasteiger partial charge in [0, 0.05) is 13.2 Å². The second kappa shape index (κ2) is 3.11. The Morgan fingerprint density at radius 3 is 2.90 bits per heavy atom. The lowest BCUT2D eigenvalue weighted by molar-refractivity contribution is 1.42. The molecule has 0 saturated heterocycles. The van der Waals surface area contributed by atoms with Gasteiger partial charge >= 0.3 is 0 Å². The molecule has 0 aliphatic carbocycles. The number of rotatable bonds is 0. The second-order valence-electron chi connectivity index (χ2n) is 1.95. The van der Waals surface area contributed by atoms with Crippen LogP contribution in [0.4, 0.5) is 0 Å². The van der Waals surface area contributed by atoms with Gasteiger partial charge in [-0.2, -0.15) is 0 Å². The van der Waals surface area contributed by atoms with Crippen LogP contribution in [0.5, 0.6) is 0 Å². The molecule has 1 rings (SSSR count). The highest BCUT2D eigenvalue weighted by atomic mass is 14.8. The molecular formula is C8H10N2. The van der Waals surface area contributed by atoms with Crippen molar-refractivity contribution in [3.63, 3.8) is 0 Å². The van der Waals surface area contributed by atoms with E-state index in [0.717, 1.165) is 11.3 Å². The third-order valence-corrected chi connectivity index (χ3v) is 1.38. The van der Waals surface area contributed by atoms with Gasteiger partial charge in [0.15, 0.2) is 0 Å². The van der Waals surface area contributed by atoms with Gasteiger partial charge < -0.3 is 0 Å². The molecule has 2 heteroatoms. The monoisotopic (exact) mass is 134 g/mol. The Balaban J connectivity index is 2.96. The van der Waals surface area contributed by atoms with E-state index in [1.165, 1.54) is 0 Å². The van der Waals surface area contributed by atoms with E-state index in [0.29, 0.717) is 0 Å². The first kappa shape index (κ1) is 6.93. The molecule has 0 bridgehead atoms. The first-order valence-corrected chi connectivity index (χ1v) is 3.21. The Hall–Kier alpha value is -1.18. The molecule has 1 heterocycles. The quantitative estimate of drug-likeness (QED) is 0.480. The summed E-state index contributed by atoms with van der Waals surface area (Å²) in [5, 5.41) is 0. The van der Waals surface area contributed by atoms with Crippen molar-refractivity contribution >= 4 is 11.9 Å². The summed E-state index contributed by atoms with van der Waals surface area (Å²) in [6.07, 6.45) is 7.49. The molecule has 0 spiro atoms. The largest absolute Gasteiger partial charge is 0.286 e. The Morgan fingerprint density at radius 1 is 1.60 bits per heavy atom. The van der Waals surface area contributed by atoms with Gasteiger partial charge in [0.25, 0.3) is 0 Å². The Bertz CT molecular complexity index is 206. The van der Waals surface area contributed by atoms with Crippen LogP contribution in [0.15, 0.2) is 33.9 Å². The van der Waals surface area contributed by atoms with Crippen LogP contribution >= 0.6 is 0 Å². The summed E-state index contributed by atoms with van der Waals surface area (Å²) >= 11 is 0. The fraction of sp³-hybridized carbons (Fsp3) is 0.250. The molecule has 0 amide bonds. The van der Waals surface area contributed by atoms with Crippen molar-refractivity contribution in [1.29, 1.82) is 0 Å². The van der Waals surface area contributed by atoms with Gasteiger partial charge in [-0.3, -0.25) is 9.98 Å². The van der Waals surface area contributed by atoms with Crippen LogP contribution in [0.2, 0.25) is 0 Å². The highest BCUT2D eigenvalue weighted by molar-refractivity contribution is 6.39. The van der Waals surface area contributed by atoms with E-state index >= 15 is 0 Å². The molecule has 1 aliphatic heterocycles. The van der Waals surface area contributed by atoms with Gasteiger partial charge in [-0.05, 0) is 18.6 Å². The molecule has 0 aromatic rings. The molecule has 0 N–H and O–H groups in total. The fourth-order valence-corrected chi connectivity index (χ4v) is 0.828. The van der Waals surface area contributed by atoms with Gasteiger partial charge in [0.05, 0.1) is 11.9 Å². The average molecular weight is 134 g/mol. The summed E-state index contributed by atoms with van der Waals surface area (Å²) in [6.45, 7) is 1.99. The number of aliphatic imine (C=N–C) groups is 2. The molecular weight excluding hydrogens is 124 g/mol. The molecule has 0 saturated carbocycles. The zero-order valence-corrected chi connectivity index (χ0v) is 6.20. The fourth-order valence-electron chi connectivity index (χ4n) is 0.828. The Morgan fingerprint density at radius 2 is 2.40 bits per heavy atom. The molecule has 10 heavy (non-hydrogen) atoms. The van der Waals surface area contributed by atoms with E-state index in [9.17, 15) is 0 Å². The van der Waals surface area contributed by atoms with Crippen LogP contribution < -0.4 is 0 Å². The lowest BCUT2D eigenvalue weighted by Crippen LogP contribution is -2.04. The predicted molar refractivity (Wildman–Crippen MR) is 44.7 cm³/mol. The zero-order valence-electron chi connectivity index (χ0n) is 6.20. The normalized spacial score (nSPS) is 24.6. The maximum absolute atomic E-state index is 4.05. The highest BCUT2D eigenvalue weighted by Crippen LogP contribution is 2.03. The van der Waals surface area contributed by atoms with Gasteiger partial charge in [-0.15, -0.1) is 0 Å². The molecule has 0 aromatic heterocycles. The predicted octanol–water partition coefficient (Wildman–Crippen LogP) is 1.60. The molecule has 1 aliphatic rings. The number of hydrogen-bond donors (Lipinski definition) is 0. The van der Waals surface area contributed by atoms with Crippen molar-refractivity contribution < 1.29 is 0 Å². The summed E-state index contributed by atoms with van der Waals surface area (Å²) in [6, 6.07) is 0. The van der Waals surface area contributed by atoms with Crippen LogP contribution in [-0.2, 0) is 0 Å². The lowest BCUT2D eigenvalue weighted by atomic mass is 10.1. The van der Waals surface area contributed by atoms with E-state index in [1.54, 1.807) is 19.5 Å². The standard InChI is InChI=1S/C8H10N2/c1-3-7-4-5-10-6-8(7)9-2/h3-6H,1-2H3/b7-3-,9-8-. The van der Waals surface area contributed by atoms with Crippen molar-refractivity contribution in [2.75, 3.05) is 7.05 Å². The summed E-state index contributed by atoms with van der Waals surface area (Å²) in [5.41, 5.74) is 2.09. The summed E-state index contributed by atoms with van der Waals surface area (Å²) in [7, 11) is 1.77. The third-order valence-electron chi connectivity index (χ3n) is 1.38. The maximum Gasteiger partial charge on any atom is 0.0823 e. The van der Waals surface area contributed by atoms with Crippen molar-refractivity contribution in [3.05, 3.63) is 23.9 Å². The zero-order chi connectivity index (χ0) is 7.40. The van der Waals surface area contributed by atoms with Crippen molar-refractivity contribution in [2.24, 2.45) is 9.98 Å². The van der Waals surface area contributed by atoms with E-state index in [2.05, 4.69) is 9.98 Å². The molecule has 2 nitrogen and oxygen atoms in total. The molecule has 52 valence electrons. The molecule has 0 unspecified atom stereocenters. The molecule has 0 aromatic carbocycles. The van der Waals surface area contributed by atoms with E-state index < -0.39 is 0 Å². The van der Waals surface area contributed by atoms with Crippen LogP contribution in [0.1, 0.15) is 6.92 Å². The van der Waals surface area contributed by atoms with Gasteiger partial charge in [-0.1, -0.05) is 6.08 Å². The van der Waals surface area contributed by atoms with Crippen molar-refractivity contribution in [1.82, 2.24) is 0 Å². The maximum atomic E-state index is 4.05. The Kier molecular flexibility index (Phi) is 2.15. The van der Waals surface area contributed by atoms with Crippen molar-refractivity contribution in [3.8, 4) is 0 Å².